The molecule has 4 heterocycles. The Balaban J connectivity index is 1.55. The number of hydrogen-bond acceptors (Lipinski definition) is 5. The lowest BCUT2D eigenvalue weighted by atomic mass is 10.2. The molecule has 25 heavy (non-hydrogen) atoms. The highest BCUT2D eigenvalue weighted by atomic mass is 16.2. The summed E-state index contributed by atoms with van der Waals surface area (Å²) in [6.45, 7) is 5.09. The van der Waals surface area contributed by atoms with Crippen LogP contribution in [0.5, 0.6) is 0 Å². The third-order valence-corrected chi connectivity index (χ3v) is 4.50. The van der Waals surface area contributed by atoms with Gasteiger partial charge < -0.3 is 9.80 Å². The average molecular weight is 336 g/mol. The Kier molecular flexibility index (Phi) is 4.05. The summed E-state index contributed by atoms with van der Waals surface area (Å²) < 4.78 is 1.87. The standard InChI is InChI=1S/C18H20N6O/c1-14-13-17(24-16(21-14)5-8-20-24)22-9-2-10-23(12-11-22)18(25)15-3-6-19-7-4-15/h3-8,13H,2,9-12H2,1H3. The fraction of sp³-hybridized carbons (Fsp3) is 0.333. The van der Waals surface area contributed by atoms with E-state index in [2.05, 4.69) is 26.0 Å². The lowest BCUT2D eigenvalue weighted by Gasteiger charge is -2.24. The van der Waals surface area contributed by atoms with E-state index in [0.29, 0.717) is 12.1 Å². The average Bonchev–Trinajstić information content (AvgIpc) is 2.96. The van der Waals surface area contributed by atoms with Gasteiger partial charge in [0.05, 0.1) is 6.20 Å². The van der Waals surface area contributed by atoms with Crippen molar-refractivity contribution in [3.05, 3.63) is 54.1 Å². The number of fused-ring (bicyclic) bond motifs is 1. The summed E-state index contributed by atoms with van der Waals surface area (Å²) in [4.78, 5) is 25.4. The second kappa shape index (κ2) is 6.51. The number of nitrogens with zero attached hydrogens (tertiary/aromatic N) is 6. The number of amides is 1. The number of rotatable bonds is 2. The van der Waals surface area contributed by atoms with Crippen LogP contribution in [0.2, 0.25) is 0 Å². The van der Waals surface area contributed by atoms with E-state index in [1.807, 2.05) is 22.4 Å². The quantitative estimate of drug-likeness (QED) is 0.714. The highest BCUT2D eigenvalue weighted by Gasteiger charge is 2.22. The molecular weight excluding hydrogens is 316 g/mol. The molecule has 7 heteroatoms. The summed E-state index contributed by atoms with van der Waals surface area (Å²) in [6.07, 6.45) is 6.00. The monoisotopic (exact) mass is 336 g/mol. The molecule has 4 rings (SSSR count). The largest absolute Gasteiger partial charge is 0.355 e. The highest BCUT2D eigenvalue weighted by molar-refractivity contribution is 5.94. The van der Waals surface area contributed by atoms with Crippen LogP contribution in [0.1, 0.15) is 22.5 Å². The molecule has 0 unspecified atom stereocenters. The van der Waals surface area contributed by atoms with Crippen molar-refractivity contribution in [2.24, 2.45) is 0 Å². The second-order valence-corrected chi connectivity index (χ2v) is 6.23. The first-order valence-corrected chi connectivity index (χ1v) is 8.48. The molecule has 0 N–H and O–H groups in total. The van der Waals surface area contributed by atoms with Gasteiger partial charge in [0.2, 0.25) is 0 Å². The van der Waals surface area contributed by atoms with Crippen molar-refractivity contribution in [2.75, 3.05) is 31.1 Å². The van der Waals surface area contributed by atoms with Crippen LogP contribution >= 0.6 is 0 Å². The van der Waals surface area contributed by atoms with Crippen LogP contribution < -0.4 is 4.90 Å². The van der Waals surface area contributed by atoms with Gasteiger partial charge in [-0.15, -0.1) is 0 Å². The minimum absolute atomic E-state index is 0.0689. The van der Waals surface area contributed by atoms with E-state index in [9.17, 15) is 4.79 Å². The van der Waals surface area contributed by atoms with Crippen LogP contribution in [0.3, 0.4) is 0 Å². The van der Waals surface area contributed by atoms with Crippen molar-refractivity contribution < 1.29 is 4.79 Å². The molecule has 128 valence electrons. The fourth-order valence-electron chi connectivity index (χ4n) is 3.27. The number of carbonyl (C=O) groups is 1. The van der Waals surface area contributed by atoms with E-state index in [1.54, 1.807) is 30.7 Å². The van der Waals surface area contributed by atoms with Crippen LogP contribution in [0.4, 0.5) is 5.82 Å². The van der Waals surface area contributed by atoms with Crippen molar-refractivity contribution >= 4 is 17.4 Å². The van der Waals surface area contributed by atoms with Crippen LogP contribution in [-0.4, -0.2) is 56.6 Å². The van der Waals surface area contributed by atoms with E-state index in [0.717, 1.165) is 43.2 Å². The lowest BCUT2D eigenvalue weighted by Crippen LogP contribution is -2.35. The van der Waals surface area contributed by atoms with E-state index in [4.69, 9.17) is 0 Å². The van der Waals surface area contributed by atoms with Gasteiger partial charge in [-0.2, -0.15) is 9.61 Å². The fourth-order valence-corrected chi connectivity index (χ4v) is 3.27. The maximum atomic E-state index is 12.7. The van der Waals surface area contributed by atoms with Crippen LogP contribution in [-0.2, 0) is 0 Å². The number of anilines is 1. The van der Waals surface area contributed by atoms with Crippen molar-refractivity contribution in [3.8, 4) is 0 Å². The van der Waals surface area contributed by atoms with Gasteiger partial charge in [-0.1, -0.05) is 0 Å². The van der Waals surface area contributed by atoms with Gasteiger partial charge in [0.1, 0.15) is 5.82 Å². The molecule has 0 aromatic carbocycles. The normalized spacial score (nSPS) is 15.4. The van der Waals surface area contributed by atoms with Gasteiger partial charge in [-0.25, -0.2) is 4.98 Å². The molecule has 1 saturated heterocycles. The van der Waals surface area contributed by atoms with E-state index in [1.165, 1.54) is 0 Å². The van der Waals surface area contributed by atoms with Gasteiger partial charge >= 0.3 is 0 Å². The van der Waals surface area contributed by atoms with Crippen LogP contribution in [0.25, 0.3) is 5.65 Å². The third kappa shape index (κ3) is 3.05. The molecule has 1 aliphatic heterocycles. The minimum Gasteiger partial charge on any atom is -0.355 e. The second-order valence-electron chi connectivity index (χ2n) is 6.23. The molecule has 3 aromatic rings. The SMILES string of the molecule is Cc1cc(N2CCCN(C(=O)c3ccncc3)CC2)n2nccc2n1. The minimum atomic E-state index is 0.0689. The molecule has 0 atom stereocenters. The summed E-state index contributed by atoms with van der Waals surface area (Å²) >= 11 is 0. The first-order valence-electron chi connectivity index (χ1n) is 8.48. The van der Waals surface area contributed by atoms with Crippen molar-refractivity contribution in [1.29, 1.82) is 0 Å². The first kappa shape index (κ1) is 15.6. The van der Waals surface area contributed by atoms with Crippen molar-refractivity contribution in [2.45, 2.75) is 13.3 Å². The van der Waals surface area contributed by atoms with Gasteiger partial charge in [0.25, 0.3) is 5.91 Å². The number of hydrogen-bond donors (Lipinski definition) is 0. The maximum Gasteiger partial charge on any atom is 0.254 e. The molecule has 0 bridgehead atoms. The zero-order chi connectivity index (χ0) is 17.2. The Hall–Kier alpha value is -2.96. The molecule has 0 spiro atoms. The van der Waals surface area contributed by atoms with E-state index < -0.39 is 0 Å². The molecule has 0 saturated carbocycles. The molecular formula is C18H20N6O. The van der Waals surface area contributed by atoms with Gasteiger partial charge in [-0.3, -0.25) is 9.78 Å². The van der Waals surface area contributed by atoms with Crippen LogP contribution in [0.15, 0.2) is 42.9 Å². The smallest absolute Gasteiger partial charge is 0.254 e. The number of aromatic nitrogens is 4. The van der Waals surface area contributed by atoms with E-state index >= 15 is 0 Å². The van der Waals surface area contributed by atoms with Crippen molar-refractivity contribution in [3.63, 3.8) is 0 Å². The number of carbonyl (C=O) groups excluding carboxylic acids is 1. The Labute approximate surface area is 145 Å². The summed E-state index contributed by atoms with van der Waals surface area (Å²) in [6, 6.07) is 7.50. The van der Waals surface area contributed by atoms with Crippen molar-refractivity contribution in [1.82, 2.24) is 24.5 Å². The molecule has 1 aliphatic rings. The third-order valence-electron chi connectivity index (χ3n) is 4.50. The van der Waals surface area contributed by atoms with Gasteiger partial charge in [-0.05, 0) is 25.5 Å². The number of aryl methyl sites for hydroxylation is 1. The predicted octanol–water partition coefficient (Wildman–Crippen LogP) is 1.79. The maximum absolute atomic E-state index is 12.7. The molecule has 1 amide bonds. The predicted molar refractivity (Wildman–Crippen MR) is 94.7 cm³/mol. The van der Waals surface area contributed by atoms with Crippen LogP contribution in [0, 0.1) is 6.92 Å². The Morgan fingerprint density at radius 2 is 1.88 bits per heavy atom. The lowest BCUT2D eigenvalue weighted by molar-refractivity contribution is 0.0767. The Morgan fingerprint density at radius 3 is 2.72 bits per heavy atom. The summed E-state index contributed by atoms with van der Waals surface area (Å²) in [5.41, 5.74) is 2.51. The summed E-state index contributed by atoms with van der Waals surface area (Å²) in [5, 5.41) is 4.39. The molecule has 7 nitrogen and oxygen atoms in total. The Bertz CT molecular complexity index is 891. The first-order chi connectivity index (χ1) is 12.2. The zero-order valence-corrected chi connectivity index (χ0v) is 14.2. The highest BCUT2D eigenvalue weighted by Crippen LogP contribution is 2.19. The molecule has 0 aliphatic carbocycles. The van der Waals surface area contributed by atoms with Gasteiger partial charge in [0, 0.05) is 62.0 Å². The molecule has 0 radical (unpaired) electrons. The summed E-state index contributed by atoms with van der Waals surface area (Å²) in [7, 11) is 0. The molecule has 3 aromatic heterocycles. The topological polar surface area (TPSA) is 66.6 Å². The summed E-state index contributed by atoms with van der Waals surface area (Å²) in [5.74, 6) is 1.10. The number of pyridine rings is 1. The molecule has 1 fully saturated rings. The van der Waals surface area contributed by atoms with E-state index in [-0.39, 0.29) is 5.91 Å². The van der Waals surface area contributed by atoms with Gasteiger partial charge in [0.15, 0.2) is 5.65 Å². The zero-order valence-electron chi connectivity index (χ0n) is 14.2. The Morgan fingerprint density at radius 1 is 1.04 bits per heavy atom.